The molecule has 0 radical (unpaired) electrons. The van der Waals surface area contributed by atoms with E-state index in [0.717, 1.165) is 18.2 Å². The van der Waals surface area contributed by atoms with Gasteiger partial charge in [0.1, 0.15) is 17.3 Å². The van der Waals surface area contributed by atoms with Crippen LogP contribution in [0.1, 0.15) is 10.4 Å². The molecule has 2 N–H and O–H groups in total. The Hall–Kier alpha value is -2.27. The molecule has 0 aliphatic carbocycles. The number of benzene rings is 2. The summed E-state index contributed by atoms with van der Waals surface area (Å²) < 4.78 is 18.1. The molecule has 4 nitrogen and oxygen atoms in total. The number of ether oxygens (including phenoxy) is 1. The number of aromatic hydroxyl groups is 1. The molecule has 0 atom stereocenters. The number of anilines is 1. The number of phenols is 1. The van der Waals surface area contributed by atoms with Crippen LogP contribution >= 0.6 is 11.6 Å². The van der Waals surface area contributed by atoms with E-state index in [4.69, 9.17) is 16.3 Å². The van der Waals surface area contributed by atoms with Crippen molar-refractivity contribution in [3.05, 3.63) is 52.8 Å². The summed E-state index contributed by atoms with van der Waals surface area (Å²) in [6, 6.07) is 7.80. The van der Waals surface area contributed by atoms with Gasteiger partial charge in [-0.25, -0.2) is 4.39 Å². The summed E-state index contributed by atoms with van der Waals surface area (Å²) in [4.78, 5) is 11.9. The number of carbonyl (C=O) groups excluding carboxylic acids is 1. The molecule has 2 aromatic rings. The summed E-state index contributed by atoms with van der Waals surface area (Å²) in [5.74, 6) is -1.08. The highest BCUT2D eigenvalue weighted by molar-refractivity contribution is 6.32. The summed E-state index contributed by atoms with van der Waals surface area (Å²) in [5.41, 5.74) is 0.251. The minimum absolute atomic E-state index is 0.156. The standard InChI is InChI=1S/C14H11ClFNO3/c1-20-13-5-3-9(7-11(13)15)17-14(19)10-6-8(16)2-4-12(10)18/h2-7,18H,1H3,(H,17,19). The number of hydrogen-bond donors (Lipinski definition) is 2. The number of hydrogen-bond acceptors (Lipinski definition) is 3. The predicted molar refractivity (Wildman–Crippen MR) is 74.0 cm³/mol. The van der Waals surface area contributed by atoms with Crippen molar-refractivity contribution in [3.63, 3.8) is 0 Å². The van der Waals surface area contributed by atoms with Gasteiger partial charge in [-0.15, -0.1) is 0 Å². The molecule has 2 aromatic carbocycles. The second-order valence-corrected chi connectivity index (χ2v) is 4.37. The van der Waals surface area contributed by atoms with E-state index < -0.39 is 11.7 Å². The van der Waals surface area contributed by atoms with Crippen LogP contribution in [0.5, 0.6) is 11.5 Å². The number of nitrogens with one attached hydrogen (secondary N) is 1. The van der Waals surface area contributed by atoms with Crippen molar-refractivity contribution in [3.8, 4) is 11.5 Å². The van der Waals surface area contributed by atoms with Gasteiger partial charge in [-0.3, -0.25) is 4.79 Å². The molecular formula is C14H11ClFNO3. The van der Waals surface area contributed by atoms with Crippen molar-refractivity contribution >= 4 is 23.2 Å². The first-order chi connectivity index (χ1) is 9.51. The zero-order chi connectivity index (χ0) is 14.7. The number of methoxy groups -OCH3 is 1. The molecule has 104 valence electrons. The van der Waals surface area contributed by atoms with Crippen LogP contribution in [0, 0.1) is 5.82 Å². The van der Waals surface area contributed by atoms with Crippen LogP contribution in [0.15, 0.2) is 36.4 Å². The van der Waals surface area contributed by atoms with Gasteiger partial charge in [0.15, 0.2) is 0 Å². The maximum atomic E-state index is 13.1. The summed E-state index contributed by atoms with van der Waals surface area (Å²) in [5, 5.41) is 12.4. The fraction of sp³-hybridized carbons (Fsp3) is 0.0714. The van der Waals surface area contributed by atoms with Crippen LogP contribution < -0.4 is 10.1 Å². The molecule has 2 rings (SSSR count). The van der Waals surface area contributed by atoms with Crippen molar-refractivity contribution in [1.82, 2.24) is 0 Å². The van der Waals surface area contributed by atoms with E-state index in [-0.39, 0.29) is 11.3 Å². The quantitative estimate of drug-likeness (QED) is 0.912. The van der Waals surface area contributed by atoms with Gasteiger partial charge in [0.2, 0.25) is 0 Å². The molecule has 6 heteroatoms. The lowest BCUT2D eigenvalue weighted by Crippen LogP contribution is -2.12. The highest BCUT2D eigenvalue weighted by atomic mass is 35.5. The molecule has 0 bridgehead atoms. The summed E-state index contributed by atoms with van der Waals surface area (Å²) in [6.45, 7) is 0. The van der Waals surface area contributed by atoms with Crippen LogP contribution in [-0.2, 0) is 0 Å². The van der Waals surface area contributed by atoms with E-state index in [1.165, 1.54) is 13.2 Å². The average molecular weight is 296 g/mol. The second kappa shape index (κ2) is 5.79. The first kappa shape index (κ1) is 14.1. The van der Waals surface area contributed by atoms with E-state index >= 15 is 0 Å². The van der Waals surface area contributed by atoms with Crippen molar-refractivity contribution in [2.24, 2.45) is 0 Å². The predicted octanol–water partition coefficient (Wildman–Crippen LogP) is 3.45. The Morgan fingerprint density at radius 3 is 2.70 bits per heavy atom. The molecule has 0 aromatic heterocycles. The molecule has 0 aliphatic rings. The Morgan fingerprint density at radius 2 is 2.05 bits per heavy atom. The van der Waals surface area contributed by atoms with Crippen LogP contribution in [0.25, 0.3) is 0 Å². The molecule has 20 heavy (non-hydrogen) atoms. The van der Waals surface area contributed by atoms with Gasteiger partial charge in [-0.05, 0) is 36.4 Å². The fourth-order valence-corrected chi connectivity index (χ4v) is 1.89. The number of carbonyl (C=O) groups is 1. The number of phenolic OH excluding ortho intramolecular Hbond substituents is 1. The number of amides is 1. The third kappa shape index (κ3) is 3.00. The highest BCUT2D eigenvalue weighted by Gasteiger charge is 2.13. The van der Waals surface area contributed by atoms with Crippen molar-refractivity contribution in [2.45, 2.75) is 0 Å². The largest absolute Gasteiger partial charge is 0.507 e. The van der Waals surface area contributed by atoms with Crippen molar-refractivity contribution < 1.29 is 19.0 Å². The minimum atomic E-state index is -0.636. The highest BCUT2D eigenvalue weighted by Crippen LogP contribution is 2.28. The molecule has 0 spiro atoms. The third-order valence-corrected chi connectivity index (χ3v) is 2.91. The van der Waals surface area contributed by atoms with Crippen LogP contribution in [0.4, 0.5) is 10.1 Å². The summed E-state index contributed by atoms with van der Waals surface area (Å²) in [7, 11) is 1.48. The Labute approximate surface area is 119 Å². The van der Waals surface area contributed by atoms with Crippen molar-refractivity contribution in [2.75, 3.05) is 12.4 Å². The number of rotatable bonds is 3. The van der Waals surface area contributed by atoms with E-state index in [0.29, 0.717) is 16.5 Å². The summed E-state index contributed by atoms with van der Waals surface area (Å²) in [6.07, 6.45) is 0. The third-order valence-electron chi connectivity index (χ3n) is 2.61. The van der Waals surface area contributed by atoms with E-state index in [9.17, 15) is 14.3 Å². The maximum absolute atomic E-state index is 13.1. The first-order valence-corrected chi connectivity index (χ1v) is 6.02. The smallest absolute Gasteiger partial charge is 0.259 e. The molecule has 0 fully saturated rings. The fourth-order valence-electron chi connectivity index (χ4n) is 1.63. The maximum Gasteiger partial charge on any atom is 0.259 e. The lowest BCUT2D eigenvalue weighted by Gasteiger charge is -2.09. The Morgan fingerprint density at radius 1 is 1.30 bits per heavy atom. The Kier molecular flexibility index (Phi) is 4.10. The molecule has 1 amide bonds. The van der Waals surface area contributed by atoms with Gasteiger partial charge >= 0.3 is 0 Å². The van der Waals surface area contributed by atoms with Gasteiger partial charge < -0.3 is 15.2 Å². The zero-order valence-electron chi connectivity index (χ0n) is 10.5. The first-order valence-electron chi connectivity index (χ1n) is 5.64. The topological polar surface area (TPSA) is 58.6 Å². The molecule has 0 saturated heterocycles. The molecule has 0 unspecified atom stereocenters. The normalized spacial score (nSPS) is 10.2. The summed E-state index contributed by atoms with van der Waals surface area (Å²) >= 11 is 5.93. The van der Waals surface area contributed by atoms with Crippen LogP contribution in [-0.4, -0.2) is 18.1 Å². The molecule has 0 saturated carbocycles. The lowest BCUT2D eigenvalue weighted by molar-refractivity contribution is 0.102. The SMILES string of the molecule is COc1ccc(NC(=O)c2cc(F)ccc2O)cc1Cl. The van der Waals surface area contributed by atoms with Gasteiger partial charge in [-0.2, -0.15) is 0 Å². The van der Waals surface area contributed by atoms with Crippen molar-refractivity contribution in [1.29, 1.82) is 0 Å². The average Bonchev–Trinajstić information content (AvgIpc) is 2.41. The molecule has 0 aliphatic heterocycles. The second-order valence-electron chi connectivity index (χ2n) is 3.96. The molecule has 0 heterocycles. The zero-order valence-corrected chi connectivity index (χ0v) is 11.2. The van der Waals surface area contributed by atoms with E-state index in [2.05, 4.69) is 5.32 Å². The van der Waals surface area contributed by atoms with E-state index in [1.807, 2.05) is 0 Å². The van der Waals surface area contributed by atoms with Gasteiger partial charge in [0, 0.05) is 5.69 Å². The minimum Gasteiger partial charge on any atom is -0.507 e. The Balaban J connectivity index is 2.23. The lowest BCUT2D eigenvalue weighted by atomic mass is 10.1. The van der Waals surface area contributed by atoms with Gasteiger partial charge in [-0.1, -0.05) is 11.6 Å². The monoisotopic (exact) mass is 295 g/mol. The van der Waals surface area contributed by atoms with E-state index in [1.54, 1.807) is 12.1 Å². The van der Waals surface area contributed by atoms with Gasteiger partial charge in [0.25, 0.3) is 5.91 Å². The van der Waals surface area contributed by atoms with Crippen LogP contribution in [0.3, 0.4) is 0 Å². The molecular weight excluding hydrogens is 285 g/mol. The van der Waals surface area contributed by atoms with Gasteiger partial charge in [0.05, 0.1) is 17.7 Å². The Bertz CT molecular complexity index is 661. The van der Waals surface area contributed by atoms with Crippen LogP contribution in [0.2, 0.25) is 5.02 Å². The number of halogens is 2.